The van der Waals surface area contributed by atoms with E-state index in [2.05, 4.69) is 21.0 Å². The van der Waals surface area contributed by atoms with E-state index in [4.69, 9.17) is 15.3 Å². The Hall–Kier alpha value is -3.43. The highest BCUT2D eigenvalue weighted by Gasteiger charge is 2.43. The lowest BCUT2D eigenvalue weighted by molar-refractivity contribution is -0.148. The maximum absolute atomic E-state index is 14.2. The van der Waals surface area contributed by atoms with Gasteiger partial charge in [0.25, 0.3) is 0 Å². The number of benzene rings is 1. The van der Waals surface area contributed by atoms with Crippen LogP contribution in [0.5, 0.6) is 0 Å². The molecule has 3 rings (SSSR count). The summed E-state index contributed by atoms with van der Waals surface area (Å²) in [6.07, 6.45) is 3.39. The standard InChI is InChI=1S/C39H63N7O6S/c1-11-25(4)33(45(8)37(49)32(24(2)3)43-38(50)39(6,7)44-40)30(51-9)23-31(47)46-20-15-18-29(46)34(52-10)26(5)35(48)42-28(36-41-19-21-53-36)22-27-16-13-12-14-17-27/h12-14,16-17,19,21,24-26,28-30,32-34,44H,11,15,18,20,22-23,40H2,1-10H3,(H,42,48)(H,43,50)/t25-,26+,28-,29-,30+,32-,33-,34+/m0/s1. The molecule has 1 aliphatic heterocycles. The van der Waals surface area contributed by atoms with Crippen LogP contribution in [0.15, 0.2) is 41.9 Å². The third-order valence-electron chi connectivity index (χ3n) is 10.8. The fourth-order valence-electron chi connectivity index (χ4n) is 7.19. The minimum Gasteiger partial charge on any atom is -0.379 e. The number of nitrogens with one attached hydrogen (secondary N) is 3. The average molecular weight is 758 g/mol. The molecule has 0 spiro atoms. The second kappa shape index (κ2) is 20.3. The van der Waals surface area contributed by atoms with Crippen LogP contribution >= 0.6 is 11.3 Å². The molecule has 1 aromatic carbocycles. The van der Waals surface area contributed by atoms with Crippen molar-refractivity contribution in [1.82, 2.24) is 30.8 Å². The average Bonchev–Trinajstić information content (AvgIpc) is 3.87. The summed E-state index contributed by atoms with van der Waals surface area (Å²) in [4.78, 5) is 63.1. The van der Waals surface area contributed by atoms with E-state index in [1.807, 2.05) is 75.2 Å². The zero-order chi connectivity index (χ0) is 39.5. The lowest BCUT2D eigenvalue weighted by atomic mass is 9.89. The van der Waals surface area contributed by atoms with Crippen LogP contribution in [0, 0.1) is 17.8 Å². The van der Waals surface area contributed by atoms with E-state index >= 15 is 0 Å². The number of methoxy groups -OCH3 is 2. The number of likely N-dealkylation sites (tertiary alicyclic amines) is 1. The zero-order valence-electron chi connectivity index (χ0n) is 33.3. The predicted octanol–water partition coefficient (Wildman–Crippen LogP) is 3.85. The number of aromatic nitrogens is 1. The van der Waals surface area contributed by atoms with Gasteiger partial charge in [-0.3, -0.25) is 25.0 Å². The number of hydrogen-bond acceptors (Lipinski definition) is 10. The van der Waals surface area contributed by atoms with Crippen molar-refractivity contribution in [3.05, 3.63) is 52.5 Å². The Morgan fingerprint density at radius 3 is 2.30 bits per heavy atom. The number of thiazole rings is 1. The van der Waals surface area contributed by atoms with E-state index < -0.39 is 41.7 Å². The first-order valence-corrected chi connectivity index (χ1v) is 19.6. The van der Waals surface area contributed by atoms with Gasteiger partial charge in [-0.25, -0.2) is 10.4 Å². The van der Waals surface area contributed by atoms with Crippen LogP contribution in [0.2, 0.25) is 0 Å². The molecule has 2 aromatic rings. The lowest BCUT2D eigenvalue weighted by Gasteiger charge is -2.41. The minimum absolute atomic E-state index is 0.0288. The summed E-state index contributed by atoms with van der Waals surface area (Å²) in [6.45, 7) is 13.5. The van der Waals surface area contributed by atoms with E-state index in [-0.39, 0.29) is 48.1 Å². The summed E-state index contributed by atoms with van der Waals surface area (Å²) in [5.41, 5.74) is 2.50. The molecule has 0 saturated carbocycles. The van der Waals surface area contributed by atoms with Crippen LogP contribution in [0.25, 0.3) is 0 Å². The van der Waals surface area contributed by atoms with Gasteiger partial charge in [-0.1, -0.05) is 71.4 Å². The van der Waals surface area contributed by atoms with Gasteiger partial charge in [-0.05, 0) is 50.5 Å². The molecular weight excluding hydrogens is 695 g/mol. The quantitative estimate of drug-likeness (QED) is 0.116. The molecule has 8 atom stereocenters. The monoisotopic (exact) mass is 757 g/mol. The van der Waals surface area contributed by atoms with Crippen molar-refractivity contribution in [2.75, 3.05) is 27.8 Å². The SMILES string of the molecule is CC[C@H](C)[C@@H]([C@@H](CC(=O)N1CCC[C@H]1[C@H](OC)[C@@H](C)C(=O)N[C@@H](Cc1ccccc1)c1nccs1)OC)N(C)C(=O)[C@@H](NC(=O)C(C)(C)NN)C(C)C. The van der Waals surface area contributed by atoms with Crippen LogP contribution < -0.4 is 21.9 Å². The molecule has 0 unspecified atom stereocenters. The van der Waals surface area contributed by atoms with Crippen molar-refractivity contribution < 1.29 is 28.7 Å². The number of rotatable bonds is 20. The van der Waals surface area contributed by atoms with Crippen molar-refractivity contribution in [2.45, 2.75) is 122 Å². The van der Waals surface area contributed by atoms with Crippen LogP contribution in [0.1, 0.15) is 90.8 Å². The smallest absolute Gasteiger partial charge is 0.245 e. The molecule has 1 aliphatic rings. The normalized spacial score (nSPS) is 18.8. The molecule has 2 heterocycles. The first-order valence-electron chi connectivity index (χ1n) is 18.8. The Morgan fingerprint density at radius 1 is 1.08 bits per heavy atom. The third-order valence-corrected chi connectivity index (χ3v) is 11.6. The van der Waals surface area contributed by atoms with Crippen LogP contribution in [-0.4, -0.2) is 102 Å². The Bertz CT molecular complexity index is 1460. The molecule has 13 nitrogen and oxygen atoms in total. The van der Waals surface area contributed by atoms with Gasteiger partial charge in [-0.2, -0.15) is 0 Å². The van der Waals surface area contributed by atoms with Gasteiger partial charge >= 0.3 is 0 Å². The highest BCUT2D eigenvalue weighted by Crippen LogP contribution is 2.30. The van der Waals surface area contributed by atoms with Crippen LogP contribution in [-0.2, 0) is 35.1 Å². The highest BCUT2D eigenvalue weighted by atomic mass is 32.1. The van der Waals surface area contributed by atoms with E-state index in [0.717, 1.165) is 23.4 Å². The number of amides is 4. The first kappa shape index (κ1) is 44.0. The molecule has 1 saturated heterocycles. The van der Waals surface area contributed by atoms with E-state index in [0.29, 0.717) is 19.4 Å². The summed E-state index contributed by atoms with van der Waals surface area (Å²) in [7, 11) is 4.85. The number of likely N-dealkylation sites (N-methyl/N-ethyl adjacent to an activating group) is 1. The maximum atomic E-state index is 14.2. The van der Waals surface area contributed by atoms with Crippen LogP contribution in [0.4, 0.5) is 0 Å². The number of hydrazine groups is 1. The van der Waals surface area contributed by atoms with Gasteiger partial charge in [0.15, 0.2) is 0 Å². The highest BCUT2D eigenvalue weighted by molar-refractivity contribution is 7.09. The minimum atomic E-state index is -1.08. The second-order valence-electron chi connectivity index (χ2n) is 15.2. The Kier molecular flexibility index (Phi) is 16.8. The van der Waals surface area contributed by atoms with Gasteiger partial charge < -0.3 is 29.9 Å². The van der Waals surface area contributed by atoms with Gasteiger partial charge in [0.1, 0.15) is 16.6 Å². The number of carbonyl (C=O) groups is 4. The number of nitrogens with zero attached hydrogens (tertiary/aromatic N) is 3. The van der Waals surface area contributed by atoms with Gasteiger partial charge in [-0.15, -0.1) is 11.3 Å². The molecule has 53 heavy (non-hydrogen) atoms. The molecule has 296 valence electrons. The number of hydrogen-bond donors (Lipinski definition) is 4. The zero-order valence-corrected chi connectivity index (χ0v) is 34.1. The number of ether oxygens (including phenoxy) is 2. The summed E-state index contributed by atoms with van der Waals surface area (Å²) >= 11 is 1.50. The summed E-state index contributed by atoms with van der Waals surface area (Å²) < 4.78 is 12.0. The summed E-state index contributed by atoms with van der Waals surface area (Å²) in [6, 6.07) is 8.08. The third kappa shape index (κ3) is 11.3. The molecule has 5 N–H and O–H groups in total. The maximum Gasteiger partial charge on any atom is 0.245 e. The van der Waals surface area contributed by atoms with Gasteiger partial charge in [0.2, 0.25) is 23.6 Å². The number of carbonyl (C=O) groups excluding carboxylic acids is 4. The Morgan fingerprint density at radius 2 is 1.75 bits per heavy atom. The Balaban J connectivity index is 1.78. The molecule has 0 bridgehead atoms. The van der Waals surface area contributed by atoms with Crippen molar-refractivity contribution in [1.29, 1.82) is 0 Å². The summed E-state index contributed by atoms with van der Waals surface area (Å²) in [5.74, 6) is 3.82. The Labute approximate surface area is 320 Å². The van der Waals surface area contributed by atoms with Crippen molar-refractivity contribution in [3.63, 3.8) is 0 Å². The molecule has 0 aliphatic carbocycles. The van der Waals surface area contributed by atoms with Gasteiger partial charge in [0, 0.05) is 39.4 Å². The lowest BCUT2D eigenvalue weighted by Crippen LogP contribution is -2.62. The van der Waals surface area contributed by atoms with Crippen LogP contribution in [0.3, 0.4) is 0 Å². The molecule has 14 heteroatoms. The van der Waals surface area contributed by atoms with Crippen molar-refractivity contribution in [2.24, 2.45) is 23.6 Å². The van der Waals surface area contributed by atoms with E-state index in [1.165, 1.54) is 11.3 Å². The molecular formula is C39H63N7O6S. The van der Waals surface area contributed by atoms with Crippen molar-refractivity contribution in [3.8, 4) is 0 Å². The van der Waals surface area contributed by atoms with E-state index in [1.54, 1.807) is 46.2 Å². The second-order valence-corrected chi connectivity index (χ2v) is 16.1. The van der Waals surface area contributed by atoms with Gasteiger partial charge in [0.05, 0.1) is 42.7 Å². The fourth-order valence-corrected chi connectivity index (χ4v) is 7.88. The largest absolute Gasteiger partial charge is 0.379 e. The molecule has 4 amide bonds. The first-order chi connectivity index (χ1) is 25.1. The summed E-state index contributed by atoms with van der Waals surface area (Å²) in [5, 5.41) is 8.83. The number of nitrogens with two attached hydrogens (primary N) is 1. The molecule has 1 aromatic heterocycles. The predicted molar refractivity (Wildman–Crippen MR) is 207 cm³/mol. The molecule has 1 fully saturated rings. The molecule has 0 radical (unpaired) electrons. The van der Waals surface area contributed by atoms with Crippen molar-refractivity contribution >= 4 is 35.0 Å². The van der Waals surface area contributed by atoms with E-state index in [9.17, 15) is 19.2 Å². The topological polar surface area (TPSA) is 168 Å². The fraction of sp³-hybridized carbons (Fsp3) is 0.667.